The predicted octanol–water partition coefficient (Wildman–Crippen LogP) is 3.21. The zero-order valence-corrected chi connectivity index (χ0v) is 15.1. The van der Waals surface area contributed by atoms with Gasteiger partial charge in [0.2, 0.25) is 5.91 Å². The summed E-state index contributed by atoms with van der Waals surface area (Å²) < 4.78 is 6.15. The summed E-state index contributed by atoms with van der Waals surface area (Å²) >= 11 is 3.26. The zero-order valence-electron chi connectivity index (χ0n) is 13.5. The number of anilines is 1. The minimum atomic E-state index is -0.252. The maximum Gasteiger partial charge on any atom is 0.227 e. The first-order valence-corrected chi connectivity index (χ1v) is 8.94. The Labute approximate surface area is 144 Å². The summed E-state index contributed by atoms with van der Waals surface area (Å²) in [7, 11) is 1.56. The van der Waals surface area contributed by atoms with E-state index in [0.29, 0.717) is 6.54 Å². The molecule has 2 aromatic rings. The number of carbonyl (C=O) groups is 1. The molecular formula is C16H21N3O2S2. The van der Waals surface area contributed by atoms with Gasteiger partial charge in [-0.15, -0.1) is 11.3 Å². The van der Waals surface area contributed by atoms with E-state index in [2.05, 4.69) is 10.3 Å². The quantitative estimate of drug-likeness (QED) is 0.801. The van der Waals surface area contributed by atoms with Crippen LogP contribution in [0.5, 0.6) is 0 Å². The van der Waals surface area contributed by atoms with Crippen molar-refractivity contribution in [3.8, 4) is 0 Å². The van der Waals surface area contributed by atoms with Gasteiger partial charge in [-0.3, -0.25) is 4.79 Å². The van der Waals surface area contributed by atoms with E-state index in [-0.39, 0.29) is 18.4 Å². The van der Waals surface area contributed by atoms with E-state index in [1.54, 1.807) is 30.2 Å². The lowest BCUT2D eigenvalue weighted by molar-refractivity contribution is -0.118. The lowest BCUT2D eigenvalue weighted by Crippen LogP contribution is -2.28. The summed E-state index contributed by atoms with van der Waals surface area (Å²) in [5.74, 6) is -0.0960. The monoisotopic (exact) mass is 351 g/mol. The minimum absolute atomic E-state index is 0.0960. The molecule has 1 atom stereocenters. The van der Waals surface area contributed by atoms with Gasteiger partial charge >= 0.3 is 0 Å². The molecule has 5 nitrogen and oxygen atoms in total. The first kappa shape index (κ1) is 17.9. The fourth-order valence-electron chi connectivity index (χ4n) is 1.99. The van der Waals surface area contributed by atoms with Crippen LogP contribution >= 0.6 is 23.1 Å². The molecule has 0 radical (unpaired) electrons. The molecule has 23 heavy (non-hydrogen) atoms. The summed E-state index contributed by atoms with van der Waals surface area (Å²) in [4.78, 5) is 17.6. The number of nitrogens with two attached hydrogens (primary N) is 1. The molecule has 0 fully saturated rings. The molecule has 1 aromatic heterocycles. The Morgan fingerprint density at radius 3 is 2.83 bits per heavy atom. The maximum absolute atomic E-state index is 12.0. The standard InChI is InChI=1S/C16H21N3O2S2/c1-10-6-13(23-16-18-11(2)9-22-16)4-5-14(10)19-15(20)7-12(8-17)21-3/h4-6,9,12H,7-8,17H2,1-3H3,(H,19,20). The molecule has 0 aliphatic heterocycles. The Kier molecular flexibility index (Phi) is 6.59. The number of thiazole rings is 1. The minimum Gasteiger partial charge on any atom is -0.380 e. The molecule has 0 bridgehead atoms. The highest BCUT2D eigenvalue weighted by Crippen LogP contribution is 2.32. The lowest BCUT2D eigenvalue weighted by Gasteiger charge is -2.14. The Morgan fingerprint density at radius 2 is 2.26 bits per heavy atom. The van der Waals surface area contributed by atoms with Crippen molar-refractivity contribution in [2.24, 2.45) is 5.73 Å². The Hall–Kier alpha value is -1.41. The van der Waals surface area contributed by atoms with Crippen LogP contribution < -0.4 is 11.1 Å². The van der Waals surface area contributed by atoms with Crippen LogP contribution in [0, 0.1) is 13.8 Å². The lowest BCUT2D eigenvalue weighted by atomic mass is 10.2. The number of aromatic nitrogens is 1. The number of hydrogen-bond acceptors (Lipinski definition) is 6. The van der Waals surface area contributed by atoms with Crippen molar-refractivity contribution in [1.29, 1.82) is 0 Å². The topological polar surface area (TPSA) is 77.2 Å². The average molecular weight is 351 g/mol. The molecule has 1 aromatic carbocycles. The van der Waals surface area contributed by atoms with Crippen LogP contribution in [-0.4, -0.2) is 30.6 Å². The fourth-order valence-corrected chi connectivity index (χ4v) is 3.90. The van der Waals surface area contributed by atoms with Crippen LogP contribution in [0.3, 0.4) is 0 Å². The van der Waals surface area contributed by atoms with Crippen LogP contribution in [0.4, 0.5) is 5.69 Å². The Morgan fingerprint density at radius 1 is 1.48 bits per heavy atom. The molecule has 7 heteroatoms. The average Bonchev–Trinajstić information content (AvgIpc) is 2.92. The van der Waals surface area contributed by atoms with Crippen LogP contribution in [0.15, 0.2) is 32.8 Å². The van der Waals surface area contributed by atoms with Gasteiger partial charge in [0.15, 0.2) is 4.34 Å². The van der Waals surface area contributed by atoms with Crippen molar-refractivity contribution >= 4 is 34.7 Å². The van der Waals surface area contributed by atoms with E-state index in [9.17, 15) is 4.79 Å². The third kappa shape index (κ3) is 5.31. The zero-order chi connectivity index (χ0) is 16.8. The summed E-state index contributed by atoms with van der Waals surface area (Å²) in [6, 6.07) is 5.95. The first-order valence-electron chi connectivity index (χ1n) is 7.25. The molecule has 0 saturated carbocycles. The summed E-state index contributed by atoms with van der Waals surface area (Å²) in [6.07, 6.45) is -0.000272. The number of amides is 1. The number of aryl methyl sites for hydroxylation is 2. The van der Waals surface area contributed by atoms with E-state index >= 15 is 0 Å². The summed E-state index contributed by atoms with van der Waals surface area (Å²) in [6.45, 7) is 4.29. The van der Waals surface area contributed by atoms with Crippen LogP contribution in [0.1, 0.15) is 17.7 Å². The van der Waals surface area contributed by atoms with Gasteiger partial charge in [0.05, 0.1) is 12.5 Å². The second-order valence-corrected chi connectivity index (χ2v) is 7.36. The molecule has 1 heterocycles. The Balaban J connectivity index is 2.00. The molecule has 2 rings (SSSR count). The van der Waals surface area contributed by atoms with Gasteiger partial charge in [-0.2, -0.15) is 0 Å². The molecule has 0 aliphatic rings. The number of carbonyl (C=O) groups excluding carboxylic acids is 1. The number of nitrogens with zero attached hydrogens (tertiary/aromatic N) is 1. The number of ether oxygens (including phenoxy) is 1. The highest BCUT2D eigenvalue weighted by molar-refractivity contribution is 8.01. The highest BCUT2D eigenvalue weighted by atomic mass is 32.2. The van der Waals surface area contributed by atoms with Crippen LogP contribution in [0.25, 0.3) is 0 Å². The highest BCUT2D eigenvalue weighted by Gasteiger charge is 2.13. The van der Waals surface area contributed by atoms with E-state index in [4.69, 9.17) is 10.5 Å². The van der Waals surface area contributed by atoms with Crippen molar-refractivity contribution in [3.63, 3.8) is 0 Å². The van der Waals surface area contributed by atoms with Crippen LogP contribution in [-0.2, 0) is 9.53 Å². The van der Waals surface area contributed by atoms with Gasteiger partial charge in [0.1, 0.15) is 0 Å². The molecule has 124 valence electrons. The van der Waals surface area contributed by atoms with Gasteiger partial charge in [0, 0.05) is 35.3 Å². The third-order valence-electron chi connectivity index (χ3n) is 3.28. The normalized spacial score (nSPS) is 12.2. The van der Waals surface area contributed by atoms with E-state index in [1.807, 2.05) is 37.4 Å². The van der Waals surface area contributed by atoms with E-state index in [0.717, 1.165) is 26.2 Å². The Bertz CT molecular complexity index is 669. The van der Waals surface area contributed by atoms with Crippen molar-refractivity contribution < 1.29 is 9.53 Å². The van der Waals surface area contributed by atoms with Gasteiger partial charge in [-0.25, -0.2) is 4.98 Å². The summed E-state index contributed by atoms with van der Waals surface area (Å²) in [5.41, 5.74) is 8.39. The number of nitrogens with one attached hydrogen (secondary N) is 1. The fraction of sp³-hybridized carbons (Fsp3) is 0.375. The van der Waals surface area contributed by atoms with Crippen molar-refractivity contribution in [1.82, 2.24) is 4.98 Å². The van der Waals surface area contributed by atoms with Gasteiger partial charge < -0.3 is 15.8 Å². The smallest absolute Gasteiger partial charge is 0.227 e. The van der Waals surface area contributed by atoms with Gasteiger partial charge in [-0.05, 0) is 37.6 Å². The predicted molar refractivity (Wildman–Crippen MR) is 95.3 cm³/mol. The molecule has 0 saturated heterocycles. The summed E-state index contributed by atoms with van der Waals surface area (Å²) in [5, 5.41) is 4.94. The molecule has 1 amide bonds. The molecular weight excluding hydrogens is 330 g/mol. The number of methoxy groups -OCH3 is 1. The SMILES string of the molecule is COC(CN)CC(=O)Nc1ccc(Sc2nc(C)cs2)cc1C. The van der Waals surface area contributed by atoms with E-state index in [1.165, 1.54) is 0 Å². The number of hydrogen-bond donors (Lipinski definition) is 2. The van der Waals surface area contributed by atoms with E-state index < -0.39 is 0 Å². The molecule has 0 aliphatic carbocycles. The van der Waals surface area contributed by atoms with Crippen molar-refractivity contribution in [2.75, 3.05) is 19.0 Å². The molecule has 3 N–H and O–H groups in total. The number of rotatable bonds is 7. The first-order chi connectivity index (χ1) is 11.0. The molecule has 0 spiro atoms. The molecule has 1 unspecified atom stereocenters. The van der Waals surface area contributed by atoms with Crippen molar-refractivity contribution in [3.05, 3.63) is 34.8 Å². The number of benzene rings is 1. The maximum atomic E-state index is 12.0. The second-order valence-electron chi connectivity index (χ2n) is 5.18. The van der Waals surface area contributed by atoms with Gasteiger partial charge in [-0.1, -0.05) is 11.8 Å². The van der Waals surface area contributed by atoms with Gasteiger partial charge in [0.25, 0.3) is 0 Å². The van der Waals surface area contributed by atoms with Crippen LogP contribution in [0.2, 0.25) is 0 Å². The van der Waals surface area contributed by atoms with Crippen molar-refractivity contribution in [2.45, 2.75) is 35.6 Å². The third-order valence-corrected chi connectivity index (χ3v) is 5.33. The second kappa shape index (κ2) is 8.44. The largest absolute Gasteiger partial charge is 0.380 e.